The van der Waals surface area contributed by atoms with Gasteiger partial charge >= 0.3 is 6.03 Å². The number of piperazine rings is 1. The van der Waals surface area contributed by atoms with Gasteiger partial charge in [-0.2, -0.15) is 0 Å². The summed E-state index contributed by atoms with van der Waals surface area (Å²) in [6.07, 6.45) is 5.98. The highest BCUT2D eigenvalue weighted by atomic mass is 16.2. The Morgan fingerprint density at radius 3 is 2.26 bits per heavy atom. The zero-order valence-electron chi connectivity index (χ0n) is 20.3. The largest absolute Gasteiger partial charge is 0.326 e. The molecule has 0 radical (unpaired) electrons. The maximum atomic E-state index is 13.5. The van der Waals surface area contributed by atoms with Gasteiger partial charge in [0.15, 0.2) is 0 Å². The Bertz CT molecular complexity index is 1040. The summed E-state index contributed by atoms with van der Waals surface area (Å²) in [5.74, 6) is -0.0616. The van der Waals surface area contributed by atoms with E-state index in [0.717, 1.165) is 52.2 Å². The smallest absolute Gasteiger partial charge is 0.322 e. The molecule has 2 aromatic carbocycles. The van der Waals surface area contributed by atoms with Crippen molar-refractivity contribution in [1.29, 1.82) is 0 Å². The first-order valence-corrected chi connectivity index (χ1v) is 12.7. The van der Waals surface area contributed by atoms with Gasteiger partial charge in [0.25, 0.3) is 5.91 Å². The summed E-state index contributed by atoms with van der Waals surface area (Å²) in [4.78, 5) is 34.7. The maximum Gasteiger partial charge on any atom is 0.326 e. The van der Waals surface area contributed by atoms with Gasteiger partial charge in [-0.3, -0.25) is 19.5 Å². The van der Waals surface area contributed by atoms with E-state index in [1.54, 1.807) is 0 Å². The molecule has 3 aliphatic rings. The first-order valence-electron chi connectivity index (χ1n) is 12.7. The van der Waals surface area contributed by atoms with Gasteiger partial charge in [-0.05, 0) is 30.5 Å². The van der Waals surface area contributed by atoms with E-state index in [4.69, 9.17) is 0 Å². The highest BCUT2D eigenvalue weighted by Gasteiger charge is 2.53. The van der Waals surface area contributed by atoms with Gasteiger partial charge in [-0.1, -0.05) is 72.8 Å². The molecule has 1 unspecified atom stereocenters. The van der Waals surface area contributed by atoms with E-state index >= 15 is 0 Å². The average molecular weight is 474 g/mol. The van der Waals surface area contributed by atoms with Crippen molar-refractivity contribution in [2.75, 3.05) is 52.5 Å². The van der Waals surface area contributed by atoms with Crippen LogP contribution < -0.4 is 5.32 Å². The third-order valence-corrected chi connectivity index (χ3v) is 7.35. The molecule has 3 amide bonds. The Balaban J connectivity index is 1.12. The second kappa shape index (κ2) is 10.7. The lowest BCUT2D eigenvalue weighted by Gasteiger charge is -2.39. The molecule has 1 spiro atoms. The van der Waals surface area contributed by atoms with Gasteiger partial charge in [-0.25, -0.2) is 9.69 Å². The van der Waals surface area contributed by atoms with E-state index in [1.807, 2.05) is 36.4 Å². The summed E-state index contributed by atoms with van der Waals surface area (Å²) in [7, 11) is 0. The molecule has 1 N–H and O–H groups in total. The number of piperidine rings is 1. The van der Waals surface area contributed by atoms with Crippen LogP contribution in [0.3, 0.4) is 0 Å². The minimum absolute atomic E-state index is 0.0616. The van der Waals surface area contributed by atoms with Crippen molar-refractivity contribution in [3.63, 3.8) is 0 Å². The van der Waals surface area contributed by atoms with Crippen molar-refractivity contribution < 1.29 is 9.59 Å². The lowest BCUT2D eigenvalue weighted by Crippen LogP contribution is -2.58. The number of imide groups is 1. The number of likely N-dealkylation sites (tertiary alicyclic amines) is 1. The fourth-order valence-corrected chi connectivity index (χ4v) is 5.42. The minimum atomic E-state index is -0.784. The molecule has 3 aliphatic heterocycles. The number of benzene rings is 2. The minimum Gasteiger partial charge on any atom is -0.322 e. The van der Waals surface area contributed by atoms with Gasteiger partial charge in [-0.15, -0.1) is 0 Å². The van der Waals surface area contributed by atoms with Gasteiger partial charge in [0, 0.05) is 45.8 Å². The highest BCUT2D eigenvalue weighted by Crippen LogP contribution is 2.29. The Labute approximate surface area is 208 Å². The molecule has 0 aromatic heterocycles. The fraction of sp³-hybridized carbons (Fsp3) is 0.429. The number of carbonyl (C=O) groups excluding carboxylic acids is 2. The Morgan fingerprint density at radius 2 is 1.51 bits per heavy atom. The van der Waals surface area contributed by atoms with Crippen LogP contribution in [0.15, 0.2) is 66.7 Å². The predicted molar refractivity (Wildman–Crippen MR) is 137 cm³/mol. The second-order valence-electron chi connectivity index (χ2n) is 9.92. The van der Waals surface area contributed by atoms with Crippen LogP contribution in [0.5, 0.6) is 0 Å². The first-order chi connectivity index (χ1) is 17.1. The van der Waals surface area contributed by atoms with Crippen LogP contribution in [-0.4, -0.2) is 89.6 Å². The molecule has 0 bridgehead atoms. The van der Waals surface area contributed by atoms with Crippen LogP contribution in [0, 0.1) is 0 Å². The van der Waals surface area contributed by atoms with Crippen LogP contribution in [-0.2, 0) is 11.3 Å². The molecule has 35 heavy (non-hydrogen) atoms. The summed E-state index contributed by atoms with van der Waals surface area (Å²) in [6, 6.07) is 20.4. The molecule has 0 aliphatic carbocycles. The van der Waals surface area contributed by atoms with E-state index in [1.165, 1.54) is 16.0 Å². The number of hydrogen-bond donors (Lipinski definition) is 1. The number of urea groups is 1. The lowest BCUT2D eigenvalue weighted by atomic mass is 9.88. The van der Waals surface area contributed by atoms with Gasteiger partial charge in [0.05, 0.1) is 6.67 Å². The lowest BCUT2D eigenvalue weighted by molar-refractivity contribution is -0.135. The average Bonchev–Trinajstić information content (AvgIpc) is 3.10. The zero-order valence-corrected chi connectivity index (χ0v) is 20.3. The molecule has 2 aromatic rings. The Kier molecular flexibility index (Phi) is 7.27. The van der Waals surface area contributed by atoms with Gasteiger partial charge < -0.3 is 5.32 Å². The van der Waals surface area contributed by atoms with Crippen molar-refractivity contribution in [1.82, 2.24) is 24.9 Å². The van der Waals surface area contributed by atoms with E-state index in [2.05, 4.69) is 56.4 Å². The molecule has 3 heterocycles. The number of carbonyl (C=O) groups is 2. The maximum absolute atomic E-state index is 13.5. The Morgan fingerprint density at radius 1 is 0.829 bits per heavy atom. The zero-order chi connectivity index (χ0) is 24.1. The van der Waals surface area contributed by atoms with Crippen LogP contribution >= 0.6 is 0 Å². The van der Waals surface area contributed by atoms with Crippen LogP contribution in [0.2, 0.25) is 0 Å². The van der Waals surface area contributed by atoms with Gasteiger partial charge in [0.1, 0.15) is 5.54 Å². The molecule has 3 fully saturated rings. The molecule has 3 saturated heterocycles. The van der Waals surface area contributed by atoms with Crippen LogP contribution in [0.4, 0.5) is 4.79 Å². The number of nitrogens with zero attached hydrogens (tertiary/aromatic N) is 4. The summed E-state index contributed by atoms with van der Waals surface area (Å²) in [5.41, 5.74) is 1.66. The molecule has 5 rings (SSSR count). The van der Waals surface area contributed by atoms with E-state index in [0.29, 0.717) is 19.6 Å². The number of nitrogens with one attached hydrogen (secondary N) is 1. The van der Waals surface area contributed by atoms with Crippen molar-refractivity contribution >= 4 is 18.0 Å². The van der Waals surface area contributed by atoms with Crippen molar-refractivity contribution in [2.45, 2.75) is 24.9 Å². The molecule has 7 heteroatoms. The summed E-state index contributed by atoms with van der Waals surface area (Å²) >= 11 is 0. The molecular formula is C28H35N5O2. The fourth-order valence-electron chi connectivity index (χ4n) is 5.42. The molecule has 1 atom stereocenters. The van der Waals surface area contributed by atoms with E-state index in [9.17, 15) is 9.59 Å². The number of amides is 3. The van der Waals surface area contributed by atoms with E-state index in [-0.39, 0.29) is 11.9 Å². The third-order valence-electron chi connectivity index (χ3n) is 7.35. The first kappa shape index (κ1) is 23.7. The van der Waals surface area contributed by atoms with Crippen LogP contribution in [0.1, 0.15) is 24.0 Å². The van der Waals surface area contributed by atoms with Crippen LogP contribution in [0.25, 0.3) is 6.08 Å². The summed E-state index contributed by atoms with van der Waals surface area (Å²) in [5, 5.41) is 3.08. The monoisotopic (exact) mass is 473 g/mol. The third kappa shape index (κ3) is 5.64. The summed E-state index contributed by atoms with van der Waals surface area (Å²) in [6.45, 7) is 7.16. The van der Waals surface area contributed by atoms with E-state index < -0.39 is 5.54 Å². The van der Waals surface area contributed by atoms with Crippen molar-refractivity contribution in [3.05, 3.63) is 77.9 Å². The molecule has 0 saturated carbocycles. The highest BCUT2D eigenvalue weighted by molar-refractivity contribution is 6.07. The topological polar surface area (TPSA) is 59.1 Å². The van der Waals surface area contributed by atoms with Crippen molar-refractivity contribution in [3.8, 4) is 0 Å². The Hall–Kier alpha value is -3.00. The SMILES string of the molecule is O=C1NC2(CCCN(Cc3ccccc3)C2)C(=O)N1CN1CCN(C/C=C/c2ccccc2)CC1. The quantitative estimate of drug-likeness (QED) is 0.627. The molecule has 7 nitrogen and oxygen atoms in total. The normalized spacial score (nSPS) is 24.5. The summed E-state index contributed by atoms with van der Waals surface area (Å²) < 4.78 is 0. The van der Waals surface area contributed by atoms with Crippen molar-refractivity contribution in [2.24, 2.45) is 0 Å². The molecule has 184 valence electrons. The number of hydrogen-bond acceptors (Lipinski definition) is 5. The second-order valence-corrected chi connectivity index (χ2v) is 9.92. The van der Waals surface area contributed by atoms with Gasteiger partial charge in [0.2, 0.25) is 0 Å². The predicted octanol–water partition coefficient (Wildman–Crippen LogP) is 2.86. The number of rotatable bonds is 7. The molecular weight excluding hydrogens is 438 g/mol. The standard InChI is InChI=1S/C28H35N5O2/c34-26-28(14-8-16-32(22-28)21-25-11-5-2-6-12-25)29-27(35)33(26)23-31-19-17-30(18-20-31)15-7-13-24-9-3-1-4-10-24/h1-7,9-13H,8,14-23H2,(H,29,35)/b13-7+.